The fraction of sp³-hybridized carbons (Fsp3) is 0.474. The van der Waals surface area contributed by atoms with Crippen LogP contribution in [0.3, 0.4) is 0 Å². The zero-order valence-corrected chi connectivity index (χ0v) is 17.8. The smallest absolute Gasteiger partial charge is 0.261 e. The van der Waals surface area contributed by atoms with E-state index in [-0.39, 0.29) is 30.7 Å². The van der Waals surface area contributed by atoms with Crippen molar-refractivity contribution >= 4 is 43.3 Å². The van der Waals surface area contributed by atoms with E-state index in [9.17, 15) is 23.1 Å². The highest BCUT2D eigenvalue weighted by atomic mass is 32.2. The lowest BCUT2D eigenvalue weighted by atomic mass is 10.0. The lowest BCUT2D eigenvalue weighted by Gasteiger charge is -2.18. The molecule has 2 atom stereocenters. The molecule has 3 heterocycles. The van der Waals surface area contributed by atoms with Gasteiger partial charge in [-0.25, -0.2) is 12.7 Å². The van der Waals surface area contributed by atoms with Crippen LogP contribution in [0.2, 0.25) is 0 Å². The van der Waals surface area contributed by atoms with E-state index in [2.05, 4.69) is 5.32 Å². The first-order valence-corrected chi connectivity index (χ1v) is 11.8. The Morgan fingerprint density at radius 1 is 1.34 bits per heavy atom. The van der Waals surface area contributed by atoms with Crippen molar-refractivity contribution in [2.45, 2.75) is 12.5 Å². The predicted octanol–water partition coefficient (Wildman–Crippen LogP) is 0.512. The summed E-state index contributed by atoms with van der Waals surface area (Å²) in [7, 11) is -0.556. The Balaban J connectivity index is 1.57. The Kier molecular flexibility index (Phi) is 5.14. The number of sulfonamides is 1. The van der Waals surface area contributed by atoms with Gasteiger partial charge in [-0.3, -0.25) is 9.59 Å². The second-order valence-corrected chi connectivity index (χ2v) is 11.0. The number of likely N-dealkylation sites (tertiary alicyclic amines) is 1. The van der Waals surface area contributed by atoms with Gasteiger partial charge in [-0.15, -0.1) is 11.3 Å². The SMILES string of the molecule is CN(C)S(=O)(=O)C[C@@H]1CN(C(=O)c2ccc3sc4c(c3c2)CCNC4=O)C[C@@H]1O. The van der Waals surface area contributed by atoms with E-state index in [4.69, 9.17) is 0 Å². The first kappa shape index (κ1) is 20.3. The third-order valence-electron chi connectivity index (χ3n) is 5.58. The Bertz CT molecular complexity index is 1090. The van der Waals surface area contributed by atoms with Crippen molar-refractivity contribution in [2.24, 2.45) is 5.92 Å². The molecule has 0 spiro atoms. The van der Waals surface area contributed by atoms with Gasteiger partial charge in [0.15, 0.2) is 0 Å². The molecule has 2 aromatic rings. The van der Waals surface area contributed by atoms with Gasteiger partial charge >= 0.3 is 0 Å². The number of amides is 2. The molecule has 1 aromatic heterocycles. The van der Waals surface area contributed by atoms with Crippen molar-refractivity contribution in [1.82, 2.24) is 14.5 Å². The Morgan fingerprint density at radius 3 is 2.83 bits per heavy atom. The highest BCUT2D eigenvalue weighted by Crippen LogP contribution is 2.34. The van der Waals surface area contributed by atoms with Crippen LogP contribution in [0.5, 0.6) is 0 Å². The lowest BCUT2D eigenvalue weighted by molar-refractivity contribution is 0.0764. The van der Waals surface area contributed by atoms with E-state index in [0.29, 0.717) is 17.0 Å². The summed E-state index contributed by atoms with van der Waals surface area (Å²) in [6, 6.07) is 5.38. The number of carbonyl (C=O) groups is 2. The third kappa shape index (κ3) is 3.65. The Hall–Kier alpha value is -2.01. The largest absolute Gasteiger partial charge is 0.391 e. The van der Waals surface area contributed by atoms with E-state index >= 15 is 0 Å². The molecule has 0 unspecified atom stereocenters. The summed E-state index contributed by atoms with van der Waals surface area (Å²) < 4.78 is 26.4. The number of rotatable bonds is 4. The zero-order valence-electron chi connectivity index (χ0n) is 16.2. The molecule has 0 aliphatic carbocycles. The number of thiophene rings is 1. The number of β-amino-alcohol motifs (C(OH)–C–C–N with tert-alkyl or cyclic N) is 1. The summed E-state index contributed by atoms with van der Waals surface area (Å²) in [5, 5.41) is 14.1. The molecule has 2 N–H and O–H groups in total. The van der Waals surface area contributed by atoms with Crippen molar-refractivity contribution in [2.75, 3.05) is 39.5 Å². The van der Waals surface area contributed by atoms with Crippen LogP contribution < -0.4 is 5.32 Å². The predicted molar refractivity (Wildman–Crippen MR) is 111 cm³/mol. The van der Waals surface area contributed by atoms with Gasteiger partial charge in [-0.1, -0.05) is 0 Å². The number of aliphatic hydroxyl groups excluding tert-OH is 1. The second kappa shape index (κ2) is 7.35. The number of benzene rings is 1. The second-order valence-electron chi connectivity index (χ2n) is 7.73. The number of fused-ring (bicyclic) bond motifs is 3. The van der Waals surface area contributed by atoms with Gasteiger partial charge < -0.3 is 15.3 Å². The molecule has 1 saturated heterocycles. The van der Waals surface area contributed by atoms with Gasteiger partial charge in [-0.2, -0.15) is 0 Å². The third-order valence-corrected chi connectivity index (χ3v) is 8.75. The van der Waals surface area contributed by atoms with Crippen molar-refractivity contribution in [3.05, 3.63) is 34.2 Å². The molecule has 2 aliphatic rings. The number of nitrogens with one attached hydrogen (secondary N) is 1. The van der Waals surface area contributed by atoms with E-state index < -0.39 is 22.0 Å². The molecule has 2 amide bonds. The van der Waals surface area contributed by atoms with Gasteiger partial charge in [0.05, 0.1) is 16.7 Å². The number of aliphatic hydroxyl groups is 1. The molecular weight excluding hydrogens is 414 g/mol. The molecular formula is C19H23N3O5S2. The van der Waals surface area contributed by atoms with Crippen LogP contribution in [-0.4, -0.2) is 80.1 Å². The van der Waals surface area contributed by atoms with Crippen LogP contribution in [0, 0.1) is 5.92 Å². The van der Waals surface area contributed by atoms with Crippen LogP contribution in [0.1, 0.15) is 25.6 Å². The Labute approximate surface area is 173 Å². The summed E-state index contributed by atoms with van der Waals surface area (Å²) >= 11 is 1.42. The molecule has 1 fully saturated rings. The fourth-order valence-electron chi connectivity index (χ4n) is 3.88. The van der Waals surface area contributed by atoms with Gasteiger partial charge in [0.2, 0.25) is 10.0 Å². The van der Waals surface area contributed by atoms with Gasteiger partial charge in [0.1, 0.15) is 0 Å². The average Bonchev–Trinajstić information content (AvgIpc) is 3.22. The summed E-state index contributed by atoms with van der Waals surface area (Å²) in [4.78, 5) is 27.3. The van der Waals surface area contributed by atoms with Gasteiger partial charge in [-0.05, 0) is 35.6 Å². The molecule has 4 rings (SSSR count). The Morgan fingerprint density at radius 2 is 2.10 bits per heavy atom. The minimum atomic E-state index is -3.47. The molecule has 156 valence electrons. The lowest BCUT2D eigenvalue weighted by Crippen LogP contribution is -2.33. The maximum absolute atomic E-state index is 13.0. The minimum absolute atomic E-state index is 0.0760. The quantitative estimate of drug-likeness (QED) is 0.725. The van der Waals surface area contributed by atoms with Crippen LogP contribution in [0.15, 0.2) is 18.2 Å². The average molecular weight is 438 g/mol. The molecule has 0 radical (unpaired) electrons. The van der Waals surface area contributed by atoms with Crippen molar-refractivity contribution in [3.63, 3.8) is 0 Å². The van der Waals surface area contributed by atoms with Crippen LogP contribution in [0.25, 0.3) is 10.1 Å². The maximum Gasteiger partial charge on any atom is 0.261 e. The van der Waals surface area contributed by atoms with E-state index in [1.165, 1.54) is 30.3 Å². The fourth-order valence-corrected chi connectivity index (χ4v) is 6.20. The standard InChI is InChI=1S/C19H23N3O5S2/c1-21(2)29(26,27)10-12-8-22(9-15(12)23)19(25)11-3-4-16-14(7-11)13-5-6-20-18(24)17(13)28-16/h3-4,7,12,15,23H,5-6,8-10H2,1-2H3,(H,20,24)/t12-,15-/m0/s1. The topological polar surface area (TPSA) is 107 Å². The van der Waals surface area contributed by atoms with Gasteiger partial charge in [0.25, 0.3) is 11.8 Å². The van der Waals surface area contributed by atoms with Crippen LogP contribution >= 0.6 is 11.3 Å². The number of hydrogen-bond donors (Lipinski definition) is 2. The molecule has 0 bridgehead atoms. The van der Waals surface area contributed by atoms with Crippen molar-refractivity contribution in [1.29, 1.82) is 0 Å². The van der Waals surface area contributed by atoms with E-state index in [0.717, 1.165) is 26.4 Å². The molecule has 10 heteroatoms. The number of hydrogen-bond acceptors (Lipinski definition) is 6. The molecule has 2 aliphatic heterocycles. The zero-order chi connectivity index (χ0) is 20.9. The maximum atomic E-state index is 13.0. The number of nitrogens with zero attached hydrogens (tertiary/aromatic N) is 2. The summed E-state index contributed by atoms with van der Waals surface area (Å²) in [5.41, 5.74) is 1.45. The van der Waals surface area contributed by atoms with Crippen LogP contribution in [-0.2, 0) is 16.4 Å². The molecule has 0 saturated carbocycles. The first-order valence-electron chi connectivity index (χ1n) is 9.38. The molecule has 1 aromatic carbocycles. The highest BCUT2D eigenvalue weighted by Gasteiger charge is 2.37. The van der Waals surface area contributed by atoms with Crippen LogP contribution in [0.4, 0.5) is 0 Å². The molecule has 8 nitrogen and oxygen atoms in total. The van der Waals surface area contributed by atoms with E-state index in [1.54, 1.807) is 6.07 Å². The van der Waals surface area contributed by atoms with Crippen molar-refractivity contribution in [3.8, 4) is 0 Å². The van der Waals surface area contributed by atoms with Gasteiger partial charge in [0, 0.05) is 49.9 Å². The first-order chi connectivity index (χ1) is 13.7. The monoisotopic (exact) mass is 437 g/mol. The van der Waals surface area contributed by atoms with Crippen molar-refractivity contribution < 1.29 is 23.1 Å². The number of carbonyl (C=O) groups excluding carboxylic acids is 2. The molecule has 29 heavy (non-hydrogen) atoms. The normalized spacial score (nSPS) is 22.2. The summed E-state index contributed by atoms with van der Waals surface area (Å²) in [6.07, 6.45) is -0.152. The summed E-state index contributed by atoms with van der Waals surface area (Å²) in [5.74, 6) is -1.03. The minimum Gasteiger partial charge on any atom is -0.391 e. The van der Waals surface area contributed by atoms with E-state index in [1.807, 2.05) is 12.1 Å². The summed E-state index contributed by atoms with van der Waals surface area (Å²) in [6.45, 7) is 0.875. The highest BCUT2D eigenvalue weighted by molar-refractivity contribution is 7.89.